The number of rotatable bonds is 3. The van der Waals surface area contributed by atoms with Crippen molar-refractivity contribution in [1.29, 1.82) is 0 Å². The zero-order valence-electron chi connectivity index (χ0n) is 9.31. The quantitative estimate of drug-likeness (QED) is 0.466. The Bertz CT molecular complexity index is 572. The number of ether oxygens (including phenoxy) is 1. The van der Waals surface area contributed by atoms with Crippen LogP contribution in [0.2, 0.25) is 5.15 Å². The van der Waals surface area contributed by atoms with Gasteiger partial charge in [-0.15, -0.1) is 0 Å². The molecular weight excluding hydrogens is 365 g/mol. The molecule has 0 amide bonds. The van der Waals surface area contributed by atoms with E-state index in [0.717, 1.165) is 22.4 Å². The summed E-state index contributed by atoms with van der Waals surface area (Å²) in [7, 11) is 0. The van der Waals surface area contributed by atoms with Crippen molar-refractivity contribution >= 4 is 34.2 Å². The van der Waals surface area contributed by atoms with E-state index in [1.165, 1.54) is 0 Å². The molecule has 2 heterocycles. The van der Waals surface area contributed by atoms with Crippen molar-refractivity contribution in [3.63, 3.8) is 0 Å². The van der Waals surface area contributed by atoms with Crippen molar-refractivity contribution in [2.45, 2.75) is 18.8 Å². The van der Waals surface area contributed by atoms with Gasteiger partial charge in [-0.05, 0) is 47.6 Å². The van der Waals surface area contributed by atoms with Crippen LogP contribution in [0.4, 0.5) is 0 Å². The van der Waals surface area contributed by atoms with Crippen molar-refractivity contribution in [3.05, 3.63) is 39.1 Å². The molecule has 0 unspecified atom stereocenters. The first kappa shape index (κ1) is 12.1. The Balaban J connectivity index is 1.85. The zero-order chi connectivity index (χ0) is 12.5. The molecule has 1 aliphatic rings. The number of pyridine rings is 1. The fourth-order valence-corrected chi connectivity index (χ4v) is 2.03. The molecule has 6 heteroatoms. The summed E-state index contributed by atoms with van der Waals surface area (Å²) in [4.78, 5) is 12.7. The maximum absolute atomic E-state index is 5.97. The molecule has 0 N–H and O–H groups in total. The van der Waals surface area contributed by atoms with Crippen molar-refractivity contribution in [1.82, 2.24) is 15.0 Å². The molecule has 0 aromatic carbocycles. The summed E-state index contributed by atoms with van der Waals surface area (Å²) in [6.07, 6.45) is 3.92. The Morgan fingerprint density at radius 3 is 2.78 bits per heavy atom. The van der Waals surface area contributed by atoms with Crippen LogP contribution in [0.1, 0.15) is 24.6 Å². The second-order valence-corrected chi connectivity index (χ2v) is 5.57. The van der Waals surface area contributed by atoms with Crippen LogP contribution in [0.15, 0.2) is 24.4 Å². The van der Waals surface area contributed by atoms with Gasteiger partial charge in [-0.2, -0.15) is 4.98 Å². The molecule has 0 bridgehead atoms. The molecule has 2 aromatic heterocycles. The van der Waals surface area contributed by atoms with E-state index >= 15 is 0 Å². The second-order valence-electron chi connectivity index (χ2n) is 4.08. The molecule has 0 atom stereocenters. The summed E-state index contributed by atoms with van der Waals surface area (Å²) in [6.45, 7) is 0. The van der Waals surface area contributed by atoms with E-state index in [1.54, 1.807) is 12.3 Å². The number of aromatic nitrogens is 3. The molecule has 2 aromatic rings. The monoisotopic (exact) mass is 373 g/mol. The highest BCUT2D eigenvalue weighted by Crippen LogP contribution is 2.39. The highest BCUT2D eigenvalue weighted by Gasteiger charge is 2.27. The van der Waals surface area contributed by atoms with Gasteiger partial charge in [0.1, 0.15) is 20.4 Å². The maximum atomic E-state index is 5.97. The second kappa shape index (κ2) is 4.97. The minimum Gasteiger partial charge on any atom is -0.437 e. The van der Waals surface area contributed by atoms with Crippen molar-refractivity contribution in [2.75, 3.05) is 0 Å². The predicted octanol–water partition coefficient (Wildman–Crippen LogP) is 3.80. The average molecular weight is 374 g/mol. The van der Waals surface area contributed by atoms with E-state index in [1.807, 2.05) is 12.1 Å². The molecule has 0 spiro atoms. The molecule has 0 aliphatic heterocycles. The van der Waals surface area contributed by atoms with Gasteiger partial charge in [-0.3, -0.25) is 0 Å². The molecular formula is C12H9ClIN3O. The summed E-state index contributed by atoms with van der Waals surface area (Å²) < 4.78 is 6.55. The van der Waals surface area contributed by atoms with Crippen LogP contribution in [0.3, 0.4) is 0 Å². The summed E-state index contributed by atoms with van der Waals surface area (Å²) in [5.41, 5.74) is 0. The van der Waals surface area contributed by atoms with Crippen molar-refractivity contribution in [2.24, 2.45) is 0 Å². The largest absolute Gasteiger partial charge is 0.437 e. The Hall–Kier alpha value is -0.950. The smallest absolute Gasteiger partial charge is 0.224 e. The lowest BCUT2D eigenvalue weighted by Crippen LogP contribution is -1.96. The molecule has 18 heavy (non-hydrogen) atoms. The van der Waals surface area contributed by atoms with Crippen LogP contribution >= 0.6 is 34.2 Å². The molecule has 0 radical (unpaired) electrons. The Labute approximate surface area is 123 Å². The van der Waals surface area contributed by atoms with Gasteiger partial charge in [-0.25, -0.2) is 9.97 Å². The van der Waals surface area contributed by atoms with E-state index < -0.39 is 0 Å². The normalized spacial score (nSPS) is 14.6. The number of nitrogens with zero attached hydrogens (tertiary/aromatic N) is 3. The molecule has 1 saturated carbocycles. The van der Waals surface area contributed by atoms with Gasteiger partial charge in [0.25, 0.3) is 0 Å². The minimum absolute atomic E-state index is 0.417. The highest BCUT2D eigenvalue weighted by atomic mass is 127. The van der Waals surface area contributed by atoms with E-state index in [-0.39, 0.29) is 0 Å². The van der Waals surface area contributed by atoms with Crippen molar-refractivity contribution < 1.29 is 4.74 Å². The molecule has 4 nitrogen and oxygen atoms in total. The van der Waals surface area contributed by atoms with Gasteiger partial charge in [0.15, 0.2) is 0 Å². The van der Waals surface area contributed by atoms with Crippen LogP contribution in [0, 0.1) is 3.70 Å². The fraction of sp³-hybridized carbons (Fsp3) is 0.250. The summed E-state index contributed by atoms with van der Waals surface area (Å²) >= 11 is 8.11. The Kier molecular flexibility index (Phi) is 3.34. The third kappa shape index (κ3) is 2.89. The fourth-order valence-electron chi connectivity index (χ4n) is 1.53. The van der Waals surface area contributed by atoms with Crippen LogP contribution in [-0.4, -0.2) is 15.0 Å². The lowest BCUT2D eigenvalue weighted by Gasteiger charge is -2.06. The number of hydrogen-bond donors (Lipinski definition) is 0. The van der Waals surface area contributed by atoms with E-state index in [4.69, 9.17) is 16.3 Å². The van der Waals surface area contributed by atoms with E-state index in [2.05, 4.69) is 37.5 Å². The Morgan fingerprint density at radius 2 is 2.11 bits per heavy atom. The molecule has 0 saturated heterocycles. The summed E-state index contributed by atoms with van der Waals surface area (Å²) in [5.74, 6) is 2.34. The molecule has 3 rings (SSSR count). The predicted molar refractivity (Wildman–Crippen MR) is 76.0 cm³/mol. The average Bonchev–Trinajstić information content (AvgIpc) is 3.15. The minimum atomic E-state index is 0.417. The van der Waals surface area contributed by atoms with Gasteiger partial charge in [0.05, 0.1) is 6.20 Å². The molecule has 1 fully saturated rings. The highest BCUT2D eigenvalue weighted by molar-refractivity contribution is 14.1. The van der Waals surface area contributed by atoms with Gasteiger partial charge in [0.2, 0.25) is 5.88 Å². The lowest BCUT2D eigenvalue weighted by atomic mass is 10.4. The van der Waals surface area contributed by atoms with Crippen LogP contribution in [0.25, 0.3) is 0 Å². The molecule has 1 aliphatic carbocycles. The van der Waals surface area contributed by atoms with Gasteiger partial charge < -0.3 is 4.74 Å². The maximum Gasteiger partial charge on any atom is 0.224 e. The first-order chi connectivity index (χ1) is 8.70. The Morgan fingerprint density at radius 1 is 1.28 bits per heavy atom. The number of hydrogen-bond acceptors (Lipinski definition) is 4. The van der Waals surface area contributed by atoms with Gasteiger partial charge in [-0.1, -0.05) is 11.6 Å². The standard InChI is InChI=1S/C12H9ClIN3O/c13-9-5-11(17-12(16-9)7-1-2-7)18-8-3-4-10(14)15-6-8/h3-7H,1-2H2. The van der Waals surface area contributed by atoms with Crippen molar-refractivity contribution in [3.8, 4) is 11.6 Å². The third-order valence-corrected chi connectivity index (χ3v) is 3.39. The summed E-state index contributed by atoms with van der Waals surface area (Å²) in [5, 5.41) is 0.417. The van der Waals surface area contributed by atoms with E-state index in [9.17, 15) is 0 Å². The van der Waals surface area contributed by atoms with E-state index in [0.29, 0.717) is 22.7 Å². The lowest BCUT2D eigenvalue weighted by molar-refractivity contribution is 0.456. The molecule has 92 valence electrons. The van der Waals surface area contributed by atoms with Crippen LogP contribution < -0.4 is 4.74 Å². The topological polar surface area (TPSA) is 47.9 Å². The first-order valence-corrected chi connectivity index (χ1v) is 7.00. The number of halogens is 2. The van der Waals surface area contributed by atoms with Crippen LogP contribution in [0.5, 0.6) is 11.6 Å². The summed E-state index contributed by atoms with van der Waals surface area (Å²) in [6, 6.07) is 5.34. The van der Waals surface area contributed by atoms with Gasteiger partial charge >= 0.3 is 0 Å². The SMILES string of the molecule is Clc1cc(Oc2ccc(I)nc2)nc(C2CC2)n1. The van der Waals surface area contributed by atoms with Gasteiger partial charge in [0, 0.05) is 12.0 Å². The van der Waals surface area contributed by atoms with Crippen LogP contribution in [-0.2, 0) is 0 Å². The first-order valence-electron chi connectivity index (χ1n) is 5.54. The zero-order valence-corrected chi connectivity index (χ0v) is 12.2. The third-order valence-electron chi connectivity index (χ3n) is 2.55.